The zero-order valence-corrected chi connectivity index (χ0v) is 10.2. The van der Waals surface area contributed by atoms with E-state index in [1.807, 2.05) is 27.7 Å². The molecule has 0 spiro atoms. The minimum absolute atomic E-state index is 0.0638. The molecule has 1 aliphatic heterocycles. The SMILES string of the molecule is C[C@H]1CO[C@H](C=O)CN1C(=O)OC(C)(C)C. The van der Waals surface area contributed by atoms with Crippen LogP contribution < -0.4 is 0 Å². The van der Waals surface area contributed by atoms with Crippen molar-refractivity contribution in [3.05, 3.63) is 0 Å². The molecule has 1 heterocycles. The van der Waals surface area contributed by atoms with Crippen molar-refractivity contribution in [1.82, 2.24) is 4.90 Å². The third kappa shape index (κ3) is 3.48. The molecule has 0 aromatic carbocycles. The van der Waals surface area contributed by atoms with Crippen LogP contribution in [0.15, 0.2) is 0 Å². The van der Waals surface area contributed by atoms with Crippen LogP contribution in [-0.2, 0) is 14.3 Å². The van der Waals surface area contributed by atoms with E-state index in [0.29, 0.717) is 12.9 Å². The number of hydrogen-bond donors (Lipinski definition) is 0. The number of rotatable bonds is 1. The molecule has 1 aliphatic rings. The summed E-state index contributed by atoms with van der Waals surface area (Å²) in [5, 5.41) is 0. The van der Waals surface area contributed by atoms with Crippen molar-refractivity contribution >= 4 is 12.4 Å². The van der Waals surface area contributed by atoms with Crippen molar-refractivity contribution in [3.8, 4) is 0 Å². The molecule has 1 rings (SSSR count). The molecule has 0 saturated carbocycles. The molecule has 1 saturated heterocycles. The van der Waals surface area contributed by atoms with Crippen LogP contribution in [0.1, 0.15) is 27.7 Å². The zero-order valence-electron chi connectivity index (χ0n) is 10.2. The van der Waals surface area contributed by atoms with Crippen molar-refractivity contribution in [2.75, 3.05) is 13.2 Å². The molecule has 2 atom stereocenters. The average molecular weight is 229 g/mol. The second-order valence-electron chi connectivity index (χ2n) is 4.99. The van der Waals surface area contributed by atoms with E-state index < -0.39 is 17.8 Å². The number of amides is 1. The predicted molar refractivity (Wildman–Crippen MR) is 58.2 cm³/mol. The highest BCUT2D eigenvalue weighted by atomic mass is 16.6. The van der Waals surface area contributed by atoms with Gasteiger partial charge in [-0.15, -0.1) is 0 Å². The topological polar surface area (TPSA) is 55.8 Å². The minimum Gasteiger partial charge on any atom is -0.444 e. The second-order valence-corrected chi connectivity index (χ2v) is 4.99. The summed E-state index contributed by atoms with van der Waals surface area (Å²) in [5.74, 6) is 0. The minimum atomic E-state index is -0.538. The van der Waals surface area contributed by atoms with Gasteiger partial charge in [-0.25, -0.2) is 4.79 Å². The van der Waals surface area contributed by atoms with Crippen molar-refractivity contribution in [1.29, 1.82) is 0 Å². The van der Waals surface area contributed by atoms with Gasteiger partial charge in [0.1, 0.15) is 11.7 Å². The molecule has 1 fully saturated rings. The Labute approximate surface area is 95.7 Å². The maximum Gasteiger partial charge on any atom is 0.410 e. The van der Waals surface area contributed by atoms with Gasteiger partial charge in [0.15, 0.2) is 6.29 Å². The van der Waals surface area contributed by atoms with E-state index in [4.69, 9.17) is 9.47 Å². The number of carbonyl (C=O) groups excluding carboxylic acids is 2. The van der Waals surface area contributed by atoms with Gasteiger partial charge in [0, 0.05) is 0 Å². The fourth-order valence-electron chi connectivity index (χ4n) is 1.44. The van der Waals surface area contributed by atoms with Crippen LogP contribution in [0.2, 0.25) is 0 Å². The number of carbonyl (C=O) groups is 2. The maximum absolute atomic E-state index is 11.8. The smallest absolute Gasteiger partial charge is 0.410 e. The summed E-state index contributed by atoms with van der Waals surface area (Å²) in [4.78, 5) is 24.0. The predicted octanol–water partition coefficient (Wildman–Crippen LogP) is 1.21. The van der Waals surface area contributed by atoms with E-state index in [-0.39, 0.29) is 12.6 Å². The van der Waals surface area contributed by atoms with E-state index in [1.54, 1.807) is 0 Å². The normalized spacial score (nSPS) is 26.4. The van der Waals surface area contributed by atoms with Crippen LogP contribution in [0.4, 0.5) is 4.79 Å². The van der Waals surface area contributed by atoms with Crippen LogP contribution >= 0.6 is 0 Å². The Kier molecular flexibility index (Phi) is 3.91. The van der Waals surface area contributed by atoms with Gasteiger partial charge >= 0.3 is 6.09 Å². The monoisotopic (exact) mass is 229 g/mol. The first kappa shape index (κ1) is 13.0. The molecule has 0 aliphatic carbocycles. The lowest BCUT2D eigenvalue weighted by atomic mass is 10.2. The molecule has 0 N–H and O–H groups in total. The summed E-state index contributed by atoms with van der Waals surface area (Å²) in [5.41, 5.74) is -0.522. The van der Waals surface area contributed by atoms with E-state index in [0.717, 1.165) is 0 Å². The molecule has 0 bridgehead atoms. The summed E-state index contributed by atoms with van der Waals surface area (Å²) in [6.07, 6.45) is -0.220. The molecule has 92 valence electrons. The van der Waals surface area contributed by atoms with Gasteiger partial charge in [0.05, 0.1) is 19.2 Å². The molecule has 0 aromatic rings. The molecular formula is C11H19NO4. The van der Waals surface area contributed by atoms with Crippen molar-refractivity contribution in [2.24, 2.45) is 0 Å². The Hall–Kier alpha value is -1.10. The molecule has 5 heteroatoms. The Morgan fingerprint density at radius 3 is 2.62 bits per heavy atom. The van der Waals surface area contributed by atoms with Crippen LogP contribution in [0.3, 0.4) is 0 Å². The number of morpholine rings is 1. The van der Waals surface area contributed by atoms with Crippen molar-refractivity contribution in [3.63, 3.8) is 0 Å². The summed E-state index contributed by atoms with van der Waals surface area (Å²) in [6, 6.07) is -0.0638. The zero-order chi connectivity index (χ0) is 12.3. The molecule has 0 aromatic heterocycles. The van der Waals surface area contributed by atoms with Gasteiger partial charge in [-0.1, -0.05) is 0 Å². The van der Waals surface area contributed by atoms with Crippen LogP contribution in [0, 0.1) is 0 Å². The average Bonchev–Trinajstić information content (AvgIpc) is 2.15. The highest BCUT2D eigenvalue weighted by Crippen LogP contribution is 2.16. The van der Waals surface area contributed by atoms with E-state index in [2.05, 4.69) is 0 Å². The van der Waals surface area contributed by atoms with E-state index >= 15 is 0 Å². The van der Waals surface area contributed by atoms with Gasteiger partial charge in [-0.05, 0) is 27.7 Å². The second kappa shape index (κ2) is 4.82. The Balaban J connectivity index is 2.62. The molecule has 5 nitrogen and oxygen atoms in total. The molecule has 0 radical (unpaired) electrons. The largest absolute Gasteiger partial charge is 0.444 e. The number of aldehydes is 1. The third-order valence-electron chi connectivity index (χ3n) is 2.24. The van der Waals surface area contributed by atoms with Gasteiger partial charge < -0.3 is 19.2 Å². The molecule has 0 unspecified atom stereocenters. The Morgan fingerprint density at radius 1 is 1.50 bits per heavy atom. The van der Waals surface area contributed by atoms with Gasteiger partial charge in [0.2, 0.25) is 0 Å². The highest BCUT2D eigenvalue weighted by Gasteiger charge is 2.32. The van der Waals surface area contributed by atoms with Crippen LogP contribution in [0.25, 0.3) is 0 Å². The third-order valence-corrected chi connectivity index (χ3v) is 2.24. The van der Waals surface area contributed by atoms with Crippen LogP contribution in [-0.4, -0.2) is 48.2 Å². The lowest BCUT2D eigenvalue weighted by molar-refractivity contribution is -0.126. The van der Waals surface area contributed by atoms with E-state index in [9.17, 15) is 9.59 Å². The quantitative estimate of drug-likeness (QED) is 0.634. The summed E-state index contributed by atoms with van der Waals surface area (Å²) < 4.78 is 10.5. The molecule has 16 heavy (non-hydrogen) atoms. The van der Waals surface area contributed by atoms with Crippen molar-refractivity contribution in [2.45, 2.75) is 45.4 Å². The first-order valence-electron chi connectivity index (χ1n) is 5.40. The first-order valence-corrected chi connectivity index (χ1v) is 5.40. The summed E-state index contributed by atoms with van der Waals surface area (Å²) in [7, 11) is 0. The van der Waals surface area contributed by atoms with Gasteiger partial charge in [-0.3, -0.25) is 0 Å². The first-order chi connectivity index (χ1) is 7.33. The standard InChI is InChI=1S/C11H19NO4/c1-8-7-15-9(6-13)5-12(8)10(14)16-11(2,3)4/h6,8-9H,5,7H2,1-4H3/t8-,9-/m0/s1. The van der Waals surface area contributed by atoms with E-state index in [1.165, 1.54) is 4.90 Å². The number of hydrogen-bond acceptors (Lipinski definition) is 4. The highest BCUT2D eigenvalue weighted by molar-refractivity contribution is 5.70. The lowest BCUT2D eigenvalue weighted by Crippen LogP contribution is -2.52. The summed E-state index contributed by atoms with van der Waals surface area (Å²) in [6.45, 7) is 7.93. The van der Waals surface area contributed by atoms with Crippen molar-refractivity contribution < 1.29 is 19.1 Å². The molecular weight excluding hydrogens is 210 g/mol. The fourth-order valence-corrected chi connectivity index (χ4v) is 1.44. The van der Waals surface area contributed by atoms with Gasteiger partial charge in [0.25, 0.3) is 0 Å². The van der Waals surface area contributed by atoms with Crippen LogP contribution in [0.5, 0.6) is 0 Å². The lowest BCUT2D eigenvalue weighted by Gasteiger charge is -2.36. The Bertz CT molecular complexity index is 272. The molecule has 1 amide bonds. The van der Waals surface area contributed by atoms with Gasteiger partial charge in [-0.2, -0.15) is 0 Å². The summed E-state index contributed by atoms with van der Waals surface area (Å²) >= 11 is 0. The number of nitrogens with zero attached hydrogens (tertiary/aromatic N) is 1. The Morgan fingerprint density at radius 2 is 2.12 bits per heavy atom. The maximum atomic E-state index is 11.8. The number of ether oxygens (including phenoxy) is 2. The fraction of sp³-hybridized carbons (Fsp3) is 0.818.